The van der Waals surface area contributed by atoms with Crippen LogP contribution in [0.2, 0.25) is 0 Å². The second kappa shape index (κ2) is 8.55. The van der Waals surface area contributed by atoms with Gasteiger partial charge in [0.05, 0.1) is 12.2 Å². The molecule has 0 aliphatic heterocycles. The third kappa shape index (κ3) is 4.88. The molecule has 0 N–H and O–H groups in total. The SMILES string of the molecule is CCCCN(C(=O)C=Cc1c(C)nn(Cc2ccc(C)cc2)c1C)C1CC1. The van der Waals surface area contributed by atoms with Gasteiger partial charge in [0.25, 0.3) is 0 Å². The fourth-order valence-electron chi connectivity index (χ4n) is 3.41. The number of carbonyl (C=O) groups excluding carboxylic acids is 1. The number of hydrogen-bond acceptors (Lipinski definition) is 2. The van der Waals surface area contributed by atoms with Crippen LogP contribution in [0.3, 0.4) is 0 Å². The quantitative estimate of drug-likeness (QED) is 0.638. The highest BCUT2D eigenvalue weighted by atomic mass is 16.2. The molecule has 4 heteroatoms. The Kier molecular flexibility index (Phi) is 6.15. The number of amides is 1. The van der Waals surface area contributed by atoms with Crippen LogP contribution in [0.4, 0.5) is 0 Å². The Bertz CT molecular complexity index is 813. The second-order valence-electron chi connectivity index (χ2n) is 7.68. The zero-order chi connectivity index (χ0) is 19.4. The lowest BCUT2D eigenvalue weighted by atomic mass is 10.1. The predicted octanol–water partition coefficient (Wildman–Crippen LogP) is 4.66. The van der Waals surface area contributed by atoms with Crippen LogP contribution in [0, 0.1) is 20.8 Å². The van der Waals surface area contributed by atoms with E-state index in [0.717, 1.165) is 55.7 Å². The minimum Gasteiger partial charge on any atom is -0.336 e. The molecule has 1 aliphatic rings. The van der Waals surface area contributed by atoms with Crippen molar-refractivity contribution in [3.63, 3.8) is 0 Å². The Morgan fingerprint density at radius 1 is 1.22 bits per heavy atom. The van der Waals surface area contributed by atoms with E-state index in [0.29, 0.717) is 6.04 Å². The van der Waals surface area contributed by atoms with Crippen LogP contribution in [0.5, 0.6) is 0 Å². The van der Waals surface area contributed by atoms with Gasteiger partial charge in [-0.15, -0.1) is 0 Å². The van der Waals surface area contributed by atoms with Crippen LogP contribution in [0.1, 0.15) is 60.7 Å². The van der Waals surface area contributed by atoms with Gasteiger partial charge in [0.1, 0.15) is 0 Å². The van der Waals surface area contributed by atoms with E-state index in [9.17, 15) is 4.79 Å². The molecular formula is C23H31N3O. The van der Waals surface area contributed by atoms with Crippen LogP contribution in [0.15, 0.2) is 30.3 Å². The van der Waals surface area contributed by atoms with E-state index >= 15 is 0 Å². The fraction of sp³-hybridized carbons (Fsp3) is 0.478. The largest absolute Gasteiger partial charge is 0.336 e. The highest BCUT2D eigenvalue weighted by molar-refractivity contribution is 5.92. The molecule has 1 fully saturated rings. The Balaban J connectivity index is 1.72. The first-order valence-corrected chi connectivity index (χ1v) is 10.1. The van der Waals surface area contributed by atoms with Crippen LogP contribution < -0.4 is 0 Å². The Morgan fingerprint density at radius 3 is 2.56 bits per heavy atom. The molecule has 0 saturated heterocycles. The van der Waals surface area contributed by atoms with E-state index in [4.69, 9.17) is 0 Å². The Hall–Kier alpha value is -2.36. The first-order chi connectivity index (χ1) is 13.0. The summed E-state index contributed by atoms with van der Waals surface area (Å²) in [6, 6.07) is 9.00. The number of unbranched alkanes of at least 4 members (excludes halogenated alkanes) is 1. The van der Waals surface area contributed by atoms with E-state index in [-0.39, 0.29) is 5.91 Å². The number of rotatable bonds is 8. The summed E-state index contributed by atoms with van der Waals surface area (Å²) in [7, 11) is 0. The minimum absolute atomic E-state index is 0.135. The lowest BCUT2D eigenvalue weighted by Gasteiger charge is -2.20. The van der Waals surface area contributed by atoms with Crippen molar-refractivity contribution in [2.45, 2.75) is 66.0 Å². The van der Waals surface area contributed by atoms with E-state index in [1.54, 1.807) is 6.08 Å². The monoisotopic (exact) mass is 365 g/mol. The summed E-state index contributed by atoms with van der Waals surface area (Å²) in [5.74, 6) is 0.135. The van der Waals surface area contributed by atoms with E-state index in [2.05, 4.69) is 50.1 Å². The van der Waals surface area contributed by atoms with Gasteiger partial charge in [0.15, 0.2) is 0 Å². The summed E-state index contributed by atoms with van der Waals surface area (Å²) in [4.78, 5) is 14.7. The molecular weight excluding hydrogens is 334 g/mol. The second-order valence-corrected chi connectivity index (χ2v) is 7.68. The van der Waals surface area contributed by atoms with Crippen molar-refractivity contribution >= 4 is 12.0 Å². The first-order valence-electron chi connectivity index (χ1n) is 10.1. The minimum atomic E-state index is 0.135. The van der Waals surface area contributed by atoms with Crippen molar-refractivity contribution in [3.8, 4) is 0 Å². The van der Waals surface area contributed by atoms with Crippen molar-refractivity contribution < 1.29 is 4.79 Å². The lowest BCUT2D eigenvalue weighted by molar-refractivity contribution is -0.126. The van der Waals surface area contributed by atoms with Gasteiger partial charge in [-0.2, -0.15) is 5.10 Å². The molecule has 3 rings (SSSR count). The molecule has 27 heavy (non-hydrogen) atoms. The van der Waals surface area contributed by atoms with Crippen molar-refractivity contribution in [3.05, 3.63) is 58.4 Å². The smallest absolute Gasteiger partial charge is 0.246 e. The number of benzene rings is 1. The molecule has 1 amide bonds. The third-order valence-electron chi connectivity index (χ3n) is 5.31. The molecule has 1 aromatic heterocycles. The van der Waals surface area contributed by atoms with E-state index in [1.807, 2.05) is 22.6 Å². The molecule has 1 aromatic carbocycles. The van der Waals surface area contributed by atoms with Crippen LogP contribution in [0.25, 0.3) is 6.08 Å². The van der Waals surface area contributed by atoms with Gasteiger partial charge in [-0.3, -0.25) is 9.48 Å². The van der Waals surface area contributed by atoms with Crippen LogP contribution in [-0.2, 0) is 11.3 Å². The molecule has 1 heterocycles. The molecule has 2 aromatic rings. The number of aromatic nitrogens is 2. The zero-order valence-electron chi connectivity index (χ0n) is 17.0. The van der Waals surface area contributed by atoms with Gasteiger partial charge in [-0.1, -0.05) is 43.2 Å². The maximum atomic E-state index is 12.7. The number of aryl methyl sites for hydroxylation is 2. The summed E-state index contributed by atoms with van der Waals surface area (Å²) in [5, 5.41) is 4.69. The van der Waals surface area contributed by atoms with E-state index in [1.165, 1.54) is 11.1 Å². The predicted molar refractivity (Wildman–Crippen MR) is 111 cm³/mol. The standard InChI is InChI=1S/C23H31N3O/c1-5-6-15-25(21-11-12-21)23(27)14-13-22-18(3)24-26(19(22)4)16-20-9-7-17(2)8-10-20/h7-10,13-14,21H,5-6,11-12,15-16H2,1-4H3. The van der Waals surface area contributed by atoms with Gasteiger partial charge >= 0.3 is 0 Å². The normalized spacial score (nSPS) is 14.1. The maximum absolute atomic E-state index is 12.7. The summed E-state index contributed by atoms with van der Waals surface area (Å²) in [6.07, 6.45) is 8.17. The van der Waals surface area contributed by atoms with E-state index < -0.39 is 0 Å². The van der Waals surface area contributed by atoms with Gasteiger partial charge < -0.3 is 4.90 Å². The fourth-order valence-corrected chi connectivity index (χ4v) is 3.41. The van der Waals surface area contributed by atoms with Crippen molar-refractivity contribution in [2.75, 3.05) is 6.54 Å². The molecule has 0 radical (unpaired) electrons. The lowest BCUT2D eigenvalue weighted by Crippen LogP contribution is -2.32. The van der Waals surface area contributed by atoms with Crippen molar-refractivity contribution in [1.82, 2.24) is 14.7 Å². The highest BCUT2D eigenvalue weighted by Crippen LogP contribution is 2.27. The summed E-state index contributed by atoms with van der Waals surface area (Å²) in [6.45, 7) is 9.97. The van der Waals surface area contributed by atoms with Gasteiger partial charge in [-0.25, -0.2) is 0 Å². The van der Waals surface area contributed by atoms with Crippen LogP contribution >= 0.6 is 0 Å². The molecule has 4 nitrogen and oxygen atoms in total. The van der Waals surface area contributed by atoms with Gasteiger partial charge in [0, 0.05) is 29.9 Å². The third-order valence-corrected chi connectivity index (χ3v) is 5.31. The molecule has 0 bridgehead atoms. The first kappa shape index (κ1) is 19.4. The highest BCUT2D eigenvalue weighted by Gasteiger charge is 2.30. The Morgan fingerprint density at radius 2 is 1.93 bits per heavy atom. The summed E-state index contributed by atoms with van der Waals surface area (Å²) < 4.78 is 2.03. The number of hydrogen-bond donors (Lipinski definition) is 0. The molecule has 144 valence electrons. The summed E-state index contributed by atoms with van der Waals surface area (Å²) in [5.41, 5.74) is 5.62. The zero-order valence-corrected chi connectivity index (χ0v) is 17.0. The maximum Gasteiger partial charge on any atom is 0.246 e. The average molecular weight is 366 g/mol. The van der Waals surface area contributed by atoms with Crippen molar-refractivity contribution in [1.29, 1.82) is 0 Å². The molecule has 0 unspecified atom stereocenters. The van der Waals surface area contributed by atoms with Crippen LogP contribution in [-0.4, -0.2) is 33.2 Å². The summed E-state index contributed by atoms with van der Waals surface area (Å²) >= 11 is 0. The van der Waals surface area contributed by atoms with Gasteiger partial charge in [-0.05, 0) is 51.7 Å². The molecule has 0 atom stereocenters. The molecule has 1 aliphatic carbocycles. The topological polar surface area (TPSA) is 38.1 Å². The molecule has 1 saturated carbocycles. The average Bonchev–Trinajstić information content (AvgIpc) is 3.44. The number of carbonyl (C=O) groups is 1. The van der Waals surface area contributed by atoms with Gasteiger partial charge in [0.2, 0.25) is 5.91 Å². The number of nitrogens with zero attached hydrogens (tertiary/aromatic N) is 3. The Labute approximate surface area is 162 Å². The van der Waals surface area contributed by atoms with Crippen molar-refractivity contribution in [2.24, 2.45) is 0 Å². The molecule has 0 spiro atoms.